The van der Waals surface area contributed by atoms with Gasteiger partial charge >= 0.3 is 0 Å². The molecular weight excluding hydrogens is 396 g/mol. The van der Waals surface area contributed by atoms with E-state index in [9.17, 15) is 9.90 Å². The third-order valence-electron chi connectivity index (χ3n) is 5.29. The second-order valence-electron chi connectivity index (χ2n) is 7.66. The molecule has 0 bridgehead atoms. The molecule has 0 radical (unpaired) electrons. The van der Waals surface area contributed by atoms with E-state index in [2.05, 4.69) is 17.1 Å². The Balaban J connectivity index is 1.43. The van der Waals surface area contributed by atoms with Crippen LogP contribution in [0.4, 0.5) is 0 Å². The molecule has 6 heteroatoms. The van der Waals surface area contributed by atoms with Gasteiger partial charge < -0.3 is 9.84 Å². The van der Waals surface area contributed by atoms with Crippen LogP contribution in [-0.2, 0) is 6.42 Å². The summed E-state index contributed by atoms with van der Waals surface area (Å²) in [5.41, 5.74) is 2.84. The molecule has 1 heterocycles. The highest BCUT2D eigenvalue weighted by Crippen LogP contribution is 2.33. The molecule has 1 fully saturated rings. The molecule has 5 nitrogen and oxygen atoms in total. The molecule has 1 unspecified atom stereocenters. The fourth-order valence-electron chi connectivity index (χ4n) is 3.34. The van der Waals surface area contributed by atoms with E-state index in [1.54, 1.807) is 17.0 Å². The number of hydrogen-bond acceptors (Lipinski definition) is 5. The number of thioether (sulfide) groups is 1. The molecule has 1 saturated carbocycles. The second-order valence-corrected chi connectivity index (χ2v) is 8.74. The molecule has 156 valence electrons. The van der Waals surface area contributed by atoms with E-state index in [-0.39, 0.29) is 5.56 Å². The lowest BCUT2D eigenvalue weighted by molar-refractivity contribution is 0.0891. The zero-order valence-electron chi connectivity index (χ0n) is 17.0. The minimum atomic E-state index is -0.401. The summed E-state index contributed by atoms with van der Waals surface area (Å²) in [7, 11) is 0. The molecule has 0 aliphatic heterocycles. The molecule has 1 aromatic heterocycles. The predicted octanol–water partition coefficient (Wildman–Crippen LogP) is 4.03. The Morgan fingerprint density at radius 1 is 1.23 bits per heavy atom. The quantitative estimate of drug-likeness (QED) is 0.528. The first-order valence-corrected chi connectivity index (χ1v) is 11.3. The summed E-state index contributed by atoms with van der Waals surface area (Å²) in [6.07, 6.45) is 6.01. The van der Waals surface area contributed by atoms with Crippen molar-refractivity contribution in [3.8, 4) is 11.4 Å². The lowest BCUT2D eigenvalue weighted by Crippen LogP contribution is -2.21. The van der Waals surface area contributed by atoms with E-state index < -0.39 is 6.10 Å². The maximum Gasteiger partial charge on any atom is 0.287 e. The summed E-state index contributed by atoms with van der Waals surface area (Å²) in [6, 6.07) is 15.9. The highest BCUT2D eigenvalue weighted by atomic mass is 32.2. The van der Waals surface area contributed by atoms with E-state index in [1.807, 2.05) is 43.3 Å². The number of aromatic nitrogens is 2. The van der Waals surface area contributed by atoms with Crippen molar-refractivity contribution in [3.63, 3.8) is 0 Å². The normalized spacial score (nSPS) is 14.5. The second kappa shape index (κ2) is 9.49. The van der Waals surface area contributed by atoms with Crippen LogP contribution in [0.5, 0.6) is 5.75 Å². The highest BCUT2D eigenvalue weighted by Gasteiger charge is 2.30. The van der Waals surface area contributed by atoms with Crippen LogP contribution in [0.25, 0.3) is 5.69 Å². The summed E-state index contributed by atoms with van der Waals surface area (Å²) in [4.78, 5) is 17.2. The third kappa shape index (κ3) is 5.12. The minimum absolute atomic E-state index is 0.118. The molecule has 0 amide bonds. The van der Waals surface area contributed by atoms with Gasteiger partial charge in [-0.25, -0.2) is 4.98 Å². The largest absolute Gasteiger partial charge is 0.491 e. The van der Waals surface area contributed by atoms with Crippen molar-refractivity contribution < 1.29 is 9.84 Å². The van der Waals surface area contributed by atoms with Gasteiger partial charge in [0.05, 0.1) is 6.10 Å². The van der Waals surface area contributed by atoms with Crippen LogP contribution in [0.15, 0.2) is 70.7 Å². The average Bonchev–Trinajstić information content (AvgIpc) is 3.60. The molecule has 1 atom stereocenters. The van der Waals surface area contributed by atoms with E-state index in [0.29, 0.717) is 17.6 Å². The molecule has 0 spiro atoms. The Morgan fingerprint density at radius 3 is 2.77 bits per heavy atom. The van der Waals surface area contributed by atoms with Crippen LogP contribution >= 0.6 is 11.8 Å². The first-order valence-electron chi connectivity index (χ1n) is 10.3. The van der Waals surface area contributed by atoms with Gasteiger partial charge in [0.2, 0.25) is 0 Å². The van der Waals surface area contributed by atoms with Crippen molar-refractivity contribution in [1.29, 1.82) is 0 Å². The predicted molar refractivity (Wildman–Crippen MR) is 120 cm³/mol. The van der Waals surface area contributed by atoms with Crippen LogP contribution in [0, 0.1) is 12.8 Å². The Labute approximate surface area is 180 Å². The molecule has 1 aliphatic carbocycles. The Hall–Kier alpha value is -2.57. The summed E-state index contributed by atoms with van der Waals surface area (Å²) >= 11 is 1.48. The van der Waals surface area contributed by atoms with Crippen LogP contribution in [0.2, 0.25) is 0 Å². The first-order chi connectivity index (χ1) is 14.6. The van der Waals surface area contributed by atoms with Crippen molar-refractivity contribution in [1.82, 2.24) is 9.55 Å². The van der Waals surface area contributed by atoms with E-state index in [0.717, 1.165) is 42.0 Å². The minimum Gasteiger partial charge on any atom is -0.491 e. The van der Waals surface area contributed by atoms with Crippen LogP contribution < -0.4 is 10.3 Å². The number of aliphatic hydroxyl groups is 1. The van der Waals surface area contributed by atoms with Gasteiger partial charge in [-0.15, -0.1) is 11.8 Å². The van der Waals surface area contributed by atoms with Crippen molar-refractivity contribution in [2.24, 2.45) is 5.92 Å². The average molecular weight is 423 g/mol. The fraction of sp³-hybridized carbons (Fsp3) is 0.333. The maximum absolute atomic E-state index is 12.9. The van der Waals surface area contributed by atoms with E-state index >= 15 is 0 Å². The first kappa shape index (κ1) is 20.7. The highest BCUT2D eigenvalue weighted by molar-refractivity contribution is 7.99. The smallest absolute Gasteiger partial charge is 0.287 e. The number of nitrogens with zero attached hydrogens (tertiary/aromatic N) is 2. The molecule has 0 saturated heterocycles. The molecule has 2 aromatic carbocycles. The number of hydrogen-bond donors (Lipinski definition) is 1. The van der Waals surface area contributed by atoms with Gasteiger partial charge in [0, 0.05) is 23.8 Å². The zero-order chi connectivity index (χ0) is 20.9. The van der Waals surface area contributed by atoms with Gasteiger partial charge in [-0.1, -0.05) is 30.3 Å². The molecule has 4 rings (SSSR count). The summed E-state index contributed by atoms with van der Waals surface area (Å²) in [5.74, 6) is 1.92. The topological polar surface area (TPSA) is 64.4 Å². The van der Waals surface area contributed by atoms with Gasteiger partial charge in [-0.3, -0.25) is 9.36 Å². The van der Waals surface area contributed by atoms with E-state index in [4.69, 9.17) is 4.74 Å². The van der Waals surface area contributed by atoms with Gasteiger partial charge in [0.25, 0.3) is 5.56 Å². The number of aryl methyl sites for hydroxylation is 2. The summed E-state index contributed by atoms with van der Waals surface area (Å²) < 4.78 is 7.40. The Morgan fingerprint density at radius 2 is 2.03 bits per heavy atom. The van der Waals surface area contributed by atoms with E-state index in [1.165, 1.54) is 17.3 Å². The van der Waals surface area contributed by atoms with Crippen LogP contribution in [0.3, 0.4) is 0 Å². The third-order valence-corrected chi connectivity index (χ3v) is 6.26. The number of ether oxygens (including phenoxy) is 1. The number of aliphatic hydroxyl groups excluding tert-OH is 1. The van der Waals surface area contributed by atoms with Crippen molar-refractivity contribution in [3.05, 3.63) is 82.4 Å². The van der Waals surface area contributed by atoms with Gasteiger partial charge in [0.1, 0.15) is 12.4 Å². The van der Waals surface area contributed by atoms with Crippen LogP contribution in [0.1, 0.15) is 24.0 Å². The van der Waals surface area contributed by atoms with Gasteiger partial charge in [-0.05, 0) is 61.4 Å². The maximum atomic E-state index is 12.9. The van der Waals surface area contributed by atoms with Crippen molar-refractivity contribution in [2.75, 3.05) is 12.4 Å². The van der Waals surface area contributed by atoms with Gasteiger partial charge in [-0.2, -0.15) is 0 Å². The van der Waals surface area contributed by atoms with Crippen LogP contribution in [-0.4, -0.2) is 33.1 Å². The number of benzene rings is 2. The Kier molecular flexibility index (Phi) is 6.55. The molecule has 1 aliphatic rings. The van der Waals surface area contributed by atoms with Gasteiger partial charge in [0.15, 0.2) is 5.03 Å². The van der Waals surface area contributed by atoms with Crippen molar-refractivity contribution >= 4 is 11.8 Å². The summed E-state index contributed by atoms with van der Waals surface area (Å²) in [5, 5.41) is 10.5. The zero-order valence-corrected chi connectivity index (χ0v) is 17.8. The molecule has 30 heavy (non-hydrogen) atoms. The molecule has 1 N–H and O–H groups in total. The monoisotopic (exact) mass is 422 g/mol. The summed E-state index contributed by atoms with van der Waals surface area (Å²) in [6.45, 7) is 2.26. The fourth-order valence-corrected chi connectivity index (χ4v) is 4.23. The van der Waals surface area contributed by atoms with Crippen molar-refractivity contribution in [2.45, 2.75) is 37.3 Å². The molecule has 3 aromatic rings. The number of rotatable bonds is 9. The lowest BCUT2D eigenvalue weighted by atomic mass is 10.2. The Bertz CT molecular complexity index is 1050. The standard InChI is InChI=1S/C24H26N2O3S/c1-17-15-20(9-10-22(17)29-16-21(27)19-7-8-19)26-13-12-25-23(24(26)28)30-14-11-18-5-3-2-4-6-18/h2-6,9-10,12-13,15,19,21,27H,7-8,11,14,16H2,1H3. The molecular formula is C24H26N2O3S. The SMILES string of the molecule is Cc1cc(-n2ccnc(SCCc3ccccc3)c2=O)ccc1OCC(O)C1CC1. The lowest BCUT2D eigenvalue weighted by Gasteiger charge is -2.15.